The van der Waals surface area contributed by atoms with Crippen LogP contribution in [-0.2, 0) is 0 Å². The number of aryl methyl sites for hydroxylation is 1. The maximum atomic E-state index is 4.28. The molecule has 0 amide bonds. The van der Waals surface area contributed by atoms with Gasteiger partial charge in [-0.25, -0.2) is 9.97 Å². The smallest absolute Gasteiger partial charge is 0.252 e. The molecule has 3 rings (SSSR count). The second kappa shape index (κ2) is 4.33. The largest absolute Gasteiger partial charge is 0.264 e. The molecule has 0 bridgehead atoms. The lowest BCUT2D eigenvalue weighted by Crippen LogP contribution is -2.02. The Kier molecular flexibility index (Phi) is 2.53. The average Bonchev–Trinajstić information content (AvgIpc) is 2.89. The van der Waals surface area contributed by atoms with Crippen molar-refractivity contribution in [3.05, 3.63) is 48.7 Å². The molecule has 0 radical (unpaired) electrons. The number of aromatic nitrogens is 6. The average molecular weight is 238 g/mol. The van der Waals surface area contributed by atoms with E-state index in [9.17, 15) is 0 Å². The highest BCUT2D eigenvalue weighted by Crippen LogP contribution is 2.14. The zero-order valence-corrected chi connectivity index (χ0v) is 9.72. The third-order valence-electron chi connectivity index (χ3n) is 2.44. The Morgan fingerprint density at radius 3 is 2.89 bits per heavy atom. The van der Waals surface area contributed by atoms with Crippen LogP contribution in [0.4, 0.5) is 0 Å². The minimum absolute atomic E-state index is 0.512. The van der Waals surface area contributed by atoms with Crippen LogP contribution in [0.2, 0.25) is 0 Å². The summed E-state index contributed by atoms with van der Waals surface area (Å²) < 4.78 is 1.55. The first-order valence-electron chi connectivity index (χ1n) is 5.46. The summed E-state index contributed by atoms with van der Waals surface area (Å²) in [6, 6.07) is 5.62. The van der Waals surface area contributed by atoms with Gasteiger partial charge in [-0.1, -0.05) is 5.21 Å². The lowest BCUT2D eigenvalue weighted by molar-refractivity contribution is 0.751. The predicted molar refractivity (Wildman–Crippen MR) is 64.9 cm³/mol. The Morgan fingerprint density at radius 1 is 1.17 bits per heavy atom. The first kappa shape index (κ1) is 10.5. The van der Waals surface area contributed by atoms with Crippen molar-refractivity contribution >= 4 is 0 Å². The maximum absolute atomic E-state index is 4.28. The van der Waals surface area contributed by atoms with Gasteiger partial charge in [-0.15, -0.1) is 5.10 Å². The van der Waals surface area contributed by atoms with Gasteiger partial charge in [0.25, 0.3) is 5.95 Å². The zero-order valence-electron chi connectivity index (χ0n) is 9.72. The fraction of sp³-hybridized carbons (Fsp3) is 0.0833. The Balaban J connectivity index is 2.00. The molecule has 3 heterocycles. The minimum Gasteiger partial charge on any atom is -0.264 e. The molecule has 0 N–H and O–H groups in total. The van der Waals surface area contributed by atoms with Crippen LogP contribution in [0.25, 0.3) is 17.2 Å². The molecule has 0 aromatic carbocycles. The summed E-state index contributed by atoms with van der Waals surface area (Å²) in [5, 5.41) is 8.10. The minimum atomic E-state index is 0.512. The van der Waals surface area contributed by atoms with Gasteiger partial charge in [-0.05, 0) is 25.1 Å². The van der Waals surface area contributed by atoms with E-state index in [4.69, 9.17) is 0 Å². The molecule has 6 heteroatoms. The first-order chi connectivity index (χ1) is 8.83. The van der Waals surface area contributed by atoms with Crippen molar-refractivity contribution in [2.24, 2.45) is 0 Å². The van der Waals surface area contributed by atoms with E-state index in [0.29, 0.717) is 5.95 Å². The second-order valence-electron chi connectivity index (χ2n) is 3.79. The second-order valence-corrected chi connectivity index (χ2v) is 3.79. The van der Waals surface area contributed by atoms with Crippen LogP contribution >= 0.6 is 0 Å². The van der Waals surface area contributed by atoms with E-state index in [-0.39, 0.29) is 0 Å². The quantitative estimate of drug-likeness (QED) is 0.675. The molecule has 0 saturated heterocycles. The molecule has 18 heavy (non-hydrogen) atoms. The van der Waals surface area contributed by atoms with Crippen LogP contribution in [-0.4, -0.2) is 29.9 Å². The maximum Gasteiger partial charge on any atom is 0.252 e. The standard InChI is InChI=1S/C12H10N6/c1-9-4-6-14-12(15-9)18-8-11(16-17-18)10-3-2-5-13-7-10/h2-8H,1H3. The molecule has 0 spiro atoms. The summed E-state index contributed by atoms with van der Waals surface area (Å²) in [7, 11) is 0. The van der Waals surface area contributed by atoms with E-state index >= 15 is 0 Å². The van der Waals surface area contributed by atoms with Gasteiger partial charge in [0.15, 0.2) is 0 Å². The van der Waals surface area contributed by atoms with Crippen molar-refractivity contribution in [3.63, 3.8) is 0 Å². The molecule has 88 valence electrons. The van der Waals surface area contributed by atoms with E-state index < -0.39 is 0 Å². The van der Waals surface area contributed by atoms with Crippen LogP contribution < -0.4 is 0 Å². The summed E-state index contributed by atoms with van der Waals surface area (Å²) in [5.74, 6) is 0.512. The topological polar surface area (TPSA) is 69.4 Å². The predicted octanol–water partition coefficient (Wildman–Crippen LogP) is 1.43. The van der Waals surface area contributed by atoms with Crippen molar-refractivity contribution in [3.8, 4) is 17.2 Å². The lowest BCUT2D eigenvalue weighted by atomic mass is 10.2. The Morgan fingerprint density at radius 2 is 2.11 bits per heavy atom. The van der Waals surface area contributed by atoms with E-state index in [1.54, 1.807) is 29.5 Å². The van der Waals surface area contributed by atoms with Crippen molar-refractivity contribution in [1.82, 2.24) is 29.9 Å². The van der Waals surface area contributed by atoms with E-state index in [0.717, 1.165) is 17.0 Å². The molecule has 0 atom stereocenters. The number of hydrogen-bond donors (Lipinski definition) is 0. The molecule has 6 nitrogen and oxygen atoms in total. The summed E-state index contributed by atoms with van der Waals surface area (Å²) >= 11 is 0. The van der Waals surface area contributed by atoms with Gasteiger partial charge >= 0.3 is 0 Å². The third-order valence-corrected chi connectivity index (χ3v) is 2.44. The van der Waals surface area contributed by atoms with Gasteiger partial charge in [-0.2, -0.15) is 4.68 Å². The van der Waals surface area contributed by atoms with E-state index in [1.807, 2.05) is 25.1 Å². The highest BCUT2D eigenvalue weighted by molar-refractivity contribution is 5.56. The molecule has 0 saturated carbocycles. The van der Waals surface area contributed by atoms with Crippen molar-refractivity contribution in [2.45, 2.75) is 6.92 Å². The molecule has 0 unspecified atom stereocenters. The molecule has 0 aliphatic rings. The lowest BCUT2D eigenvalue weighted by Gasteiger charge is -1.97. The van der Waals surface area contributed by atoms with Gasteiger partial charge in [0.2, 0.25) is 0 Å². The SMILES string of the molecule is Cc1ccnc(-n2cc(-c3cccnc3)nn2)n1. The summed E-state index contributed by atoms with van der Waals surface area (Å²) in [6.45, 7) is 1.91. The molecule has 0 fully saturated rings. The van der Waals surface area contributed by atoms with Gasteiger partial charge in [0.05, 0.1) is 6.20 Å². The highest BCUT2D eigenvalue weighted by Gasteiger charge is 2.06. The third kappa shape index (κ3) is 1.95. The van der Waals surface area contributed by atoms with Crippen LogP contribution in [0, 0.1) is 6.92 Å². The molecular weight excluding hydrogens is 228 g/mol. The van der Waals surface area contributed by atoms with E-state index in [1.165, 1.54) is 0 Å². The Bertz CT molecular complexity index is 661. The first-order valence-corrected chi connectivity index (χ1v) is 5.46. The van der Waals surface area contributed by atoms with Crippen LogP contribution in [0.5, 0.6) is 0 Å². The van der Waals surface area contributed by atoms with Crippen LogP contribution in [0.15, 0.2) is 43.0 Å². The van der Waals surface area contributed by atoms with Crippen molar-refractivity contribution in [2.75, 3.05) is 0 Å². The summed E-state index contributed by atoms with van der Waals surface area (Å²) in [6.07, 6.45) is 6.94. The Hall–Kier alpha value is -2.63. The van der Waals surface area contributed by atoms with Gasteiger partial charge in [0.1, 0.15) is 5.69 Å². The molecular formula is C12H10N6. The highest BCUT2D eigenvalue weighted by atomic mass is 15.5. The molecule has 0 aliphatic carbocycles. The Labute approximate surface area is 103 Å². The van der Waals surface area contributed by atoms with Crippen molar-refractivity contribution < 1.29 is 0 Å². The summed E-state index contributed by atoms with van der Waals surface area (Å²) in [4.78, 5) is 12.5. The van der Waals surface area contributed by atoms with Gasteiger partial charge in [0, 0.05) is 29.8 Å². The van der Waals surface area contributed by atoms with Crippen molar-refractivity contribution in [1.29, 1.82) is 0 Å². The fourth-order valence-corrected chi connectivity index (χ4v) is 1.55. The normalized spacial score (nSPS) is 10.5. The number of hydrogen-bond acceptors (Lipinski definition) is 5. The number of nitrogens with zero attached hydrogens (tertiary/aromatic N) is 6. The molecule has 0 aliphatic heterocycles. The zero-order chi connectivity index (χ0) is 12.4. The number of rotatable bonds is 2. The van der Waals surface area contributed by atoms with Gasteiger partial charge < -0.3 is 0 Å². The molecule has 3 aromatic rings. The van der Waals surface area contributed by atoms with Crippen LogP contribution in [0.1, 0.15) is 5.69 Å². The summed E-state index contributed by atoms with van der Waals surface area (Å²) in [5.41, 5.74) is 2.54. The van der Waals surface area contributed by atoms with Crippen LogP contribution in [0.3, 0.4) is 0 Å². The number of pyridine rings is 1. The van der Waals surface area contributed by atoms with Gasteiger partial charge in [-0.3, -0.25) is 4.98 Å². The fourth-order valence-electron chi connectivity index (χ4n) is 1.55. The molecule has 3 aromatic heterocycles. The monoisotopic (exact) mass is 238 g/mol. The van der Waals surface area contributed by atoms with E-state index in [2.05, 4.69) is 25.3 Å².